The lowest BCUT2D eigenvalue weighted by Crippen LogP contribution is -2.51. The van der Waals surface area contributed by atoms with Crippen LogP contribution < -0.4 is 5.32 Å². The molecule has 0 saturated carbocycles. The lowest BCUT2D eigenvalue weighted by Gasteiger charge is -2.38. The fourth-order valence-corrected chi connectivity index (χ4v) is 2.35. The molecule has 1 aromatic carbocycles. The minimum atomic E-state index is 0.435. The first kappa shape index (κ1) is 12.2. The lowest BCUT2D eigenvalue weighted by atomic mass is 10.0. The van der Waals surface area contributed by atoms with E-state index in [1.807, 2.05) is 0 Å². The minimum absolute atomic E-state index is 0.435. The molecule has 2 atom stereocenters. The van der Waals surface area contributed by atoms with Crippen LogP contribution in [0.25, 0.3) is 0 Å². The van der Waals surface area contributed by atoms with E-state index in [2.05, 4.69) is 53.4 Å². The average Bonchev–Trinajstić information content (AvgIpc) is 2.39. The van der Waals surface area contributed by atoms with Crippen LogP contribution in [0.15, 0.2) is 30.3 Å². The maximum Gasteiger partial charge on any atom is 0.0449 e. The van der Waals surface area contributed by atoms with Crippen molar-refractivity contribution in [3.05, 3.63) is 35.9 Å². The normalized spacial score (nSPS) is 25.4. The molecule has 1 heterocycles. The first-order valence-corrected chi connectivity index (χ1v) is 6.27. The number of rotatable bonds is 3. The molecule has 2 heteroatoms. The summed E-state index contributed by atoms with van der Waals surface area (Å²) in [6.45, 7) is 5.34. The van der Waals surface area contributed by atoms with Crippen LogP contribution in [0.1, 0.15) is 24.9 Å². The molecule has 1 saturated heterocycles. The van der Waals surface area contributed by atoms with E-state index in [0.29, 0.717) is 12.1 Å². The number of piperazine rings is 1. The number of nitrogens with zero attached hydrogens (tertiary/aromatic N) is 1. The standard InChI is InChI=1S/C15H20N2/c1-3-4-10-17-12-15(16-11-13(17)2)14-8-6-5-7-9-14/h1,5-9,13,15-16H,4,10-12H2,2H3. The summed E-state index contributed by atoms with van der Waals surface area (Å²) >= 11 is 0. The fourth-order valence-electron chi connectivity index (χ4n) is 2.35. The molecule has 0 spiro atoms. The molecule has 1 aromatic rings. The zero-order valence-electron chi connectivity index (χ0n) is 10.4. The highest BCUT2D eigenvalue weighted by Gasteiger charge is 2.24. The Kier molecular flexibility index (Phi) is 4.19. The molecule has 1 aliphatic rings. The molecule has 0 radical (unpaired) electrons. The molecule has 0 amide bonds. The van der Waals surface area contributed by atoms with E-state index in [1.54, 1.807) is 0 Å². The fraction of sp³-hybridized carbons (Fsp3) is 0.467. The molecule has 1 aliphatic heterocycles. The summed E-state index contributed by atoms with van der Waals surface area (Å²) in [7, 11) is 0. The van der Waals surface area contributed by atoms with Crippen molar-refractivity contribution in [3.63, 3.8) is 0 Å². The van der Waals surface area contributed by atoms with Gasteiger partial charge in [0.1, 0.15) is 0 Å². The minimum Gasteiger partial charge on any atom is -0.307 e. The number of terminal acetylenes is 1. The molecule has 2 rings (SSSR count). The summed E-state index contributed by atoms with van der Waals surface area (Å²) in [5.41, 5.74) is 1.37. The van der Waals surface area contributed by atoms with Crippen molar-refractivity contribution in [1.82, 2.24) is 10.2 Å². The van der Waals surface area contributed by atoms with Crippen molar-refractivity contribution in [2.24, 2.45) is 0 Å². The molecule has 17 heavy (non-hydrogen) atoms. The second-order valence-corrected chi connectivity index (χ2v) is 4.67. The predicted molar refractivity (Wildman–Crippen MR) is 71.7 cm³/mol. The highest BCUT2D eigenvalue weighted by atomic mass is 15.2. The molecule has 2 unspecified atom stereocenters. The van der Waals surface area contributed by atoms with Crippen molar-refractivity contribution in [1.29, 1.82) is 0 Å². The number of benzene rings is 1. The van der Waals surface area contributed by atoms with Gasteiger partial charge in [0.05, 0.1) is 0 Å². The third kappa shape index (κ3) is 3.09. The Morgan fingerprint density at radius 2 is 2.18 bits per heavy atom. The number of nitrogens with one attached hydrogen (secondary N) is 1. The maximum atomic E-state index is 5.34. The van der Waals surface area contributed by atoms with Crippen molar-refractivity contribution < 1.29 is 0 Å². The van der Waals surface area contributed by atoms with E-state index < -0.39 is 0 Å². The summed E-state index contributed by atoms with van der Waals surface area (Å²) in [4.78, 5) is 2.48. The molecule has 0 aromatic heterocycles. The molecular formula is C15H20N2. The summed E-state index contributed by atoms with van der Waals surface area (Å²) in [6, 6.07) is 11.6. The van der Waals surface area contributed by atoms with Crippen molar-refractivity contribution in [2.75, 3.05) is 19.6 Å². The van der Waals surface area contributed by atoms with Gasteiger partial charge in [-0.3, -0.25) is 4.90 Å². The second kappa shape index (κ2) is 5.86. The predicted octanol–water partition coefficient (Wildman–Crippen LogP) is 2.04. The summed E-state index contributed by atoms with van der Waals surface area (Å²) in [5.74, 6) is 2.73. The van der Waals surface area contributed by atoms with Gasteiger partial charge < -0.3 is 5.32 Å². The van der Waals surface area contributed by atoms with Crippen LogP contribution >= 0.6 is 0 Å². The maximum absolute atomic E-state index is 5.34. The van der Waals surface area contributed by atoms with Gasteiger partial charge in [0.25, 0.3) is 0 Å². The van der Waals surface area contributed by atoms with Gasteiger partial charge in [-0.05, 0) is 12.5 Å². The summed E-state index contributed by atoms with van der Waals surface area (Å²) < 4.78 is 0. The van der Waals surface area contributed by atoms with E-state index in [4.69, 9.17) is 6.42 Å². The number of hydrogen-bond acceptors (Lipinski definition) is 2. The van der Waals surface area contributed by atoms with E-state index >= 15 is 0 Å². The molecule has 0 aliphatic carbocycles. The molecular weight excluding hydrogens is 208 g/mol. The topological polar surface area (TPSA) is 15.3 Å². The third-order valence-corrected chi connectivity index (χ3v) is 3.45. The molecule has 0 bridgehead atoms. The van der Waals surface area contributed by atoms with Crippen molar-refractivity contribution in [2.45, 2.75) is 25.4 Å². The quantitative estimate of drug-likeness (QED) is 0.797. The van der Waals surface area contributed by atoms with E-state index in [9.17, 15) is 0 Å². The lowest BCUT2D eigenvalue weighted by molar-refractivity contribution is 0.144. The monoisotopic (exact) mass is 228 g/mol. The zero-order valence-corrected chi connectivity index (χ0v) is 10.4. The molecule has 90 valence electrons. The smallest absolute Gasteiger partial charge is 0.0449 e. The molecule has 1 N–H and O–H groups in total. The number of hydrogen-bond donors (Lipinski definition) is 1. The van der Waals surface area contributed by atoms with Gasteiger partial charge in [0, 0.05) is 38.1 Å². The highest BCUT2D eigenvalue weighted by molar-refractivity contribution is 5.20. The van der Waals surface area contributed by atoms with Gasteiger partial charge in [-0.1, -0.05) is 30.3 Å². The Hall–Kier alpha value is -1.30. The Balaban J connectivity index is 2.00. The molecule has 1 fully saturated rings. The summed E-state index contributed by atoms with van der Waals surface area (Å²) in [5, 5.41) is 3.60. The van der Waals surface area contributed by atoms with Gasteiger partial charge in [-0.2, -0.15) is 0 Å². The summed E-state index contributed by atoms with van der Waals surface area (Å²) in [6.07, 6.45) is 6.18. The Morgan fingerprint density at radius 3 is 2.88 bits per heavy atom. The zero-order chi connectivity index (χ0) is 12.1. The van der Waals surface area contributed by atoms with Crippen LogP contribution in [-0.4, -0.2) is 30.6 Å². The van der Waals surface area contributed by atoms with Gasteiger partial charge in [-0.25, -0.2) is 0 Å². The largest absolute Gasteiger partial charge is 0.307 e. The van der Waals surface area contributed by atoms with Gasteiger partial charge in [0.15, 0.2) is 0 Å². The van der Waals surface area contributed by atoms with Crippen molar-refractivity contribution in [3.8, 4) is 12.3 Å². The van der Waals surface area contributed by atoms with E-state index in [1.165, 1.54) is 5.56 Å². The van der Waals surface area contributed by atoms with Crippen molar-refractivity contribution >= 4 is 0 Å². The van der Waals surface area contributed by atoms with Gasteiger partial charge in [0.2, 0.25) is 0 Å². The van der Waals surface area contributed by atoms with E-state index in [0.717, 1.165) is 26.1 Å². The third-order valence-electron chi connectivity index (χ3n) is 3.45. The Morgan fingerprint density at radius 1 is 1.41 bits per heavy atom. The average molecular weight is 228 g/mol. The first-order valence-electron chi connectivity index (χ1n) is 6.27. The SMILES string of the molecule is C#CCCN1CC(c2ccccc2)NCC1C. The van der Waals surface area contributed by atoms with Crippen LogP contribution in [0, 0.1) is 12.3 Å². The molecule has 2 nitrogen and oxygen atoms in total. The highest BCUT2D eigenvalue weighted by Crippen LogP contribution is 2.19. The Bertz CT molecular complexity index is 380. The van der Waals surface area contributed by atoms with Crippen LogP contribution in [0.4, 0.5) is 0 Å². The van der Waals surface area contributed by atoms with Crippen LogP contribution in [-0.2, 0) is 0 Å². The van der Waals surface area contributed by atoms with Crippen LogP contribution in [0.3, 0.4) is 0 Å². The second-order valence-electron chi connectivity index (χ2n) is 4.67. The van der Waals surface area contributed by atoms with Crippen LogP contribution in [0.5, 0.6) is 0 Å². The van der Waals surface area contributed by atoms with E-state index in [-0.39, 0.29) is 0 Å². The van der Waals surface area contributed by atoms with Crippen LogP contribution in [0.2, 0.25) is 0 Å². The Labute approximate surface area is 104 Å². The van der Waals surface area contributed by atoms with Gasteiger partial charge in [-0.15, -0.1) is 12.3 Å². The first-order chi connectivity index (χ1) is 8.31. The van der Waals surface area contributed by atoms with Gasteiger partial charge >= 0.3 is 0 Å².